The molecule has 26 heavy (non-hydrogen) atoms. The van der Waals surface area contributed by atoms with Crippen LogP contribution in [-0.2, 0) is 19.1 Å². The molecule has 4 heteroatoms. The summed E-state index contributed by atoms with van der Waals surface area (Å²) in [5.41, 5.74) is 0. The molecule has 0 amide bonds. The Morgan fingerprint density at radius 2 is 1.12 bits per heavy atom. The SMILES string of the molecule is CCCCCCCCCCCCOC(=O)CCC(=O)OCC(CC)CC. The maximum absolute atomic E-state index is 11.6. The average Bonchev–Trinajstić information content (AvgIpc) is 2.65. The highest BCUT2D eigenvalue weighted by Gasteiger charge is 2.11. The Balaban J connectivity index is 3.40. The van der Waals surface area contributed by atoms with Crippen molar-refractivity contribution in [3.05, 3.63) is 0 Å². The van der Waals surface area contributed by atoms with Gasteiger partial charge in [0.2, 0.25) is 0 Å². The van der Waals surface area contributed by atoms with Crippen molar-refractivity contribution < 1.29 is 19.1 Å². The van der Waals surface area contributed by atoms with Gasteiger partial charge in [0, 0.05) is 0 Å². The van der Waals surface area contributed by atoms with E-state index in [0.29, 0.717) is 19.1 Å². The van der Waals surface area contributed by atoms with Crippen molar-refractivity contribution in [2.45, 2.75) is 111 Å². The summed E-state index contributed by atoms with van der Waals surface area (Å²) in [5.74, 6) is -0.171. The lowest BCUT2D eigenvalue weighted by molar-refractivity contribution is -0.151. The maximum atomic E-state index is 11.6. The van der Waals surface area contributed by atoms with E-state index >= 15 is 0 Å². The summed E-state index contributed by atoms with van der Waals surface area (Å²) >= 11 is 0. The summed E-state index contributed by atoms with van der Waals surface area (Å²) in [5, 5.41) is 0. The number of esters is 2. The van der Waals surface area contributed by atoms with E-state index in [0.717, 1.165) is 25.7 Å². The molecule has 0 aromatic carbocycles. The smallest absolute Gasteiger partial charge is 0.306 e. The molecule has 0 unspecified atom stereocenters. The number of hydrogen-bond donors (Lipinski definition) is 0. The molecule has 0 aromatic heterocycles. The predicted molar refractivity (Wildman–Crippen MR) is 107 cm³/mol. The molecule has 0 spiro atoms. The van der Waals surface area contributed by atoms with Crippen molar-refractivity contribution in [3.8, 4) is 0 Å². The lowest BCUT2D eigenvalue weighted by Gasteiger charge is -2.12. The van der Waals surface area contributed by atoms with Crippen LogP contribution in [0.2, 0.25) is 0 Å². The highest BCUT2D eigenvalue weighted by molar-refractivity contribution is 5.77. The Labute approximate surface area is 161 Å². The van der Waals surface area contributed by atoms with Gasteiger partial charge in [-0.2, -0.15) is 0 Å². The standard InChI is InChI=1S/C22H42O4/c1-4-7-8-9-10-11-12-13-14-15-18-25-21(23)16-17-22(24)26-19-20(5-2)6-3/h20H,4-19H2,1-3H3. The van der Waals surface area contributed by atoms with Crippen LogP contribution < -0.4 is 0 Å². The highest BCUT2D eigenvalue weighted by atomic mass is 16.5. The molecule has 0 saturated carbocycles. The molecule has 0 aliphatic carbocycles. The van der Waals surface area contributed by atoms with Gasteiger partial charge >= 0.3 is 11.9 Å². The van der Waals surface area contributed by atoms with Crippen LogP contribution in [0.3, 0.4) is 0 Å². The van der Waals surface area contributed by atoms with Gasteiger partial charge in [0.05, 0.1) is 26.1 Å². The predicted octanol–water partition coefficient (Wildman–Crippen LogP) is 6.21. The number of carbonyl (C=O) groups excluding carboxylic acids is 2. The van der Waals surface area contributed by atoms with E-state index in [1.165, 1.54) is 51.4 Å². The fourth-order valence-electron chi connectivity index (χ4n) is 2.86. The zero-order chi connectivity index (χ0) is 19.5. The summed E-state index contributed by atoms with van der Waals surface area (Å²) in [4.78, 5) is 23.2. The van der Waals surface area contributed by atoms with Gasteiger partial charge in [-0.1, -0.05) is 91.4 Å². The van der Waals surface area contributed by atoms with Crippen LogP contribution in [0.4, 0.5) is 0 Å². The minimum absolute atomic E-state index is 0.122. The van der Waals surface area contributed by atoms with Crippen LogP contribution in [0.5, 0.6) is 0 Å². The van der Waals surface area contributed by atoms with Gasteiger partial charge in [-0.3, -0.25) is 9.59 Å². The maximum Gasteiger partial charge on any atom is 0.306 e. The topological polar surface area (TPSA) is 52.6 Å². The summed E-state index contributed by atoms with van der Waals surface area (Å²) in [6, 6.07) is 0. The van der Waals surface area contributed by atoms with Crippen LogP contribution in [0, 0.1) is 5.92 Å². The van der Waals surface area contributed by atoms with E-state index in [1.807, 2.05) is 0 Å². The number of carbonyl (C=O) groups is 2. The quantitative estimate of drug-likeness (QED) is 0.212. The second-order valence-electron chi connectivity index (χ2n) is 7.27. The van der Waals surface area contributed by atoms with Gasteiger partial charge in [0.25, 0.3) is 0 Å². The normalized spacial score (nSPS) is 10.9. The van der Waals surface area contributed by atoms with Gasteiger partial charge in [-0.15, -0.1) is 0 Å². The summed E-state index contributed by atoms with van der Waals surface area (Å²) in [7, 11) is 0. The van der Waals surface area contributed by atoms with E-state index in [4.69, 9.17) is 9.47 Å². The van der Waals surface area contributed by atoms with Crippen LogP contribution in [-0.4, -0.2) is 25.2 Å². The molecule has 0 fully saturated rings. The second kappa shape index (κ2) is 18.7. The molecule has 0 aliphatic heterocycles. The van der Waals surface area contributed by atoms with Crippen LogP contribution in [0.25, 0.3) is 0 Å². The van der Waals surface area contributed by atoms with E-state index in [-0.39, 0.29) is 24.8 Å². The molecule has 0 bridgehead atoms. The van der Waals surface area contributed by atoms with E-state index < -0.39 is 0 Å². The molecule has 0 atom stereocenters. The number of rotatable bonds is 18. The van der Waals surface area contributed by atoms with Crippen molar-refractivity contribution in [2.75, 3.05) is 13.2 Å². The Hall–Kier alpha value is -1.06. The first-order chi connectivity index (χ1) is 12.6. The molecule has 0 aliphatic rings. The number of ether oxygens (including phenoxy) is 2. The average molecular weight is 371 g/mol. The zero-order valence-electron chi connectivity index (χ0n) is 17.5. The van der Waals surface area contributed by atoms with Gasteiger partial charge in [0.1, 0.15) is 0 Å². The van der Waals surface area contributed by atoms with Crippen molar-refractivity contribution in [3.63, 3.8) is 0 Å². The highest BCUT2D eigenvalue weighted by Crippen LogP contribution is 2.11. The fourth-order valence-corrected chi connectivity index (χ4v) is 2.86. The third kappa shape index (κ3) is 16.4. The second-order valence-corrected chi connectivity index (χ2v) is 7.27. The van der Waals surface area contributed by atoms with Crippen molar-refractivity contribution >= 4 is 11.9 Å². The molecule has 0 rings (SSSR count). The van der Waals surface area contributed by atoms with Crippen molar-refractivity contribution in [2.24, 2.45) is 5.92 Å². The third-order valence-corrected chi connectivity index (χ3v) is 4.93. The minimum atomic E-state index is -0.298. The van der Waals surface area contributed by atoms with E-state index in [2.05, 4.69) is 20.8 Å². The molecule has 0 radical (unpaired) electrons. The zero-order valence-corrected chi connectivity index (χ0v) is 17.5. The summed E-state index contributed by atoms with van der Waals surface area (Å²) in [6.07, 6.45) is 14.9. The van der Waals surface area contributed by atoms with Gasteiger partial charge in [-0.25, -0.2) is 0 Å². The van der Waals surface area contributed by atoms with Crippen molar-refractivity contribution in [1.82, 2.24) is 0 Å². The van der Waals surface area contributed by atoms with Crippen molar-refractivity contribution in [1.29, 1.82) is 0 Å². The van der Waals surface area contributed by atoms with Gasteiger partial charge < -0.3 is 9.47 Å². The lowest BCUT2D eigenvalue weighted by Crippen LogP contribution is -2.15. The van der Waals surface area contributed by atoms with Gasteiger partial charge in [0.15, 0.2) is 0 Å². The fraction of sp³-hybridized carbons (Fsp3) is 0.909. The first-order valence-corrected chi connectivity index (χ1v) is 10.9. The lowest BCUT2D eigenvalue weighted by atomic mass is 10.1. The van der Waals surface area contributed by atoms with Crippen LogP contribution >= 0.6 is 0 Å². The Morgan fingerprint density at radius 1 is 0.654 bits per heavy atom. The van der Waals surface area contributed by atoms with E-state index in [1.54, 1.807) is 0 Å². The monoisotopic (exact) mass is 370 g/mol. The molecule has 4 nitrogen and oxygen atoms in total. The third-order valence-electron chi connectivity index (χ3n) is 4.93. The molecule has 0 N–H and O–H groups in total. The largest absolute Gasteiger partial charge is 0.466 e. The van der Waals surface area contributed by atoms with E-state index in [9.17, 15) is 9.59 Å². The molecular weight excluding hydrogens is 328 g/mol. The molecule has 0 saturated heterocycles. The Morgan fingerprint density at radius 3 is 1.62 bits per heavy atom. The first kappa shape index (κ1) is 24.9. The minimum Gasteiger partial charge on any atom is -0.466 e. The van der Waals surface area contributed by atoms with Crippen LogP contribution in [0.1, 0.15) is 111 Å². The molecular formula is C22H42O4. The Kier molecular flexibility index (Phi) is 18.0. The molecule has 0 heterocycles. The first-order valence-electron chi connectivity index (χ1n) is 10.9. The summed E-state index contributed by atoms with van der Waals surface area (Å²) in [6.45, 7) is 7.35. The number of unbranched alkanes of at least 4 members (excludes halogenated alkanes) is 9. The Bertz CT molecular complexity index is 337. The summed E-state index contributed by atoms with van der Waals surface area (Å²) < 4.78 is 10.4. The van der Waals surface area contributed by atoms with Gasteiger partial charge in [-0.05, 0) is 12.3 Å². The number of hydrogen-bond acceptors (Lipinski definition) is 4. The molecule has 154 valence electrons. The molecule has 0 aromatic rings. The van der Waals surface area contributed by atoms with Crippen LogP contribution in [0.15, 0.2) is 0 Å².